The smallest absolute Gasteiger partial charge is 0.358 e. The van der Waals surface area contributed by atoms with Crippen molar-refractivity contribution in [2.24, 2.45) is 0 Å². The zero-order valence-corrected chi connectivity index (χ0v) is 12.4. The van der Waals surface area contributed by atoms with Gasteiger partial charge in [-0.15, -0.1) is 0 Å². The molecule has 15 heavy (non-hydrogen) atoms. The number of nitrogens with zero attached hydrogens (tertiary/aromatic N) is 1. The Morgan fingerprint density at radius 1 is 1.53 bits per heavy atom. The lowest BCUT2D eigenvalue weighted by Crippen LogP contribution is -2.25. The van der Waals surface area contributed by atoms with Crippen LogP contribution in [-0.2, 0) is 4.74 Å². The summed E-state index contributed by atoms with van der Waals surface area (Å²) in [4.78, 5) is 15.7. The largest absolute Gasteiger partial charge is 0.455 e. The topological polar surface area (TPSA) is 39.2 Å². The molecule has 3 nitrogen and oxygen atoms in total. The van der Waals surface area contributed by atoms with Crippen LogP contribution in [0.5, 0.6) is 0 Å². The molecule has 0 aliphatic heterocycles. The molecule has 0 aliphatic carbocycles. The zero-order valence-electron chi connectivity index (χ0n) is 8.67. The summed E-state index contributed by atoms with van der Waals surface area (Å²) in [6.45, 7) is 5.49. The predicted octanol–water partition coefficient (Wildman–Crippen LogP) is 3.40. The van der Waals surface area contributed by atoms with Gasteiger partial charge in [0, 0.05) is 14.2 Å². The number of aromatic nitrogens is 1. The Morgan fingerprint density at radius 3 is 2.60 bits per heavy atom. The molecule has 0 fully saturated rings. The highest BCUT2D eigenvalue weighted by Crippen LogP contribution is 2.18. The molecular weight excluding hydrogens is 373 g/mol. The van der Waals surface area contributed by atoms with Crippen molar-refractivity contribution in [2.75, 3.05) is 0 Å². The second kappa shape index (κ2) is 4.78. The van der Waals surface area contributed by atoms with Gasteiger partial charge in [-0.05, 0) is 65.4 Å². The number of hydrogen-bond acceptors (Lipinski definition) is 3. The van der Waals surface area contributed by atoms with Gasteiger partial charge in [-0.2, -0.15) is 0 Å². The van der Waals surface area contributed by atoms with E-state index in [0.717, 1.165) is 8.04 Å². The van der Waals surface area contributed by atoms with Crippen molar-refractivity contribution in [3.63, 3.8) is 0 Å². The molecule has 1 aromatic rings. The second-order valence-electron chi connectivity index (χ2n) is 3.99. The normalized spacial score (nSPS) is 11.3. The van der Waals surface area contributed by atoms with E-state index in [2.05, 4.69) is 43.5 Å². The number of ether oxygens (including phenoxy) is 1. The first-order valence-corrected chi connectivity index (χ1v) is 6.21. The number of carbonyl (C=O) groups excluding carboxylic acids is 1. The van der Waals surface area contributed by atoms with Crippen LogP contribution < -0.4 is 0 Å². The van der Waals surface area contributed by atoms with Gasteiger partial charge in [0.15, 0.2) is 5.69 Å². The van der Waals surface area contributed by atoms with E-state index in [1.165, 1.54) is 0 Å². The van der Waals surface area contributed by atoms with E-state index in [0.29, 0.717) is 5.69 Å². The number of hydrogen-bond donors (Lipinski definition) is 0. The minimum Gasteiger partial charge on any atom is -0.455 e. The second-order valence-corrected chi connectivity index (χ2v) is 6.06. The van der Waals surface area contributed by atoms with Crippen molar-refractivity contribution in [1.82, 2.24) is 4.98 Å². The summed E-state index contributed by atoms with van der Waals surface area (Å²) >= 11 is 5.35. The molecule has 0 spiro atoms. The standard InChI is InChI=1S/C10H11BrINO2/c1-10(2,3)15-9(14)8-7(12)4-6(11)5-13-8/h4-5H,1-3H3. The maximum absolute atomic E-state index is 11.7. The molecule has 0 saturated heterocycles. The number of esters is 1. The molecule has 0 bridgehead atoms. The highest BCUT2D eigenvalue weighted by Gasteiger charge is 2.20. The van der Waals surface area contributed by atoms with Crippen LogP contribution >= 0.6 is 38.5 Å². The maximum atomic E-state index is 11.7. The van der Waals surface area contributed by atoms with Crippen molar-refractivity contribution in [3.8, 4) is 0 Å². The van der Waals surface area contributed by atoms with E-state index in [1.54, 1.807) is 6.20 Å². The predicted molar refractivity (Wildman–Crippen MR) is 69.8 cm³/mol. The molecule has 0 aromatic carbocycles. The first kappa shape index (κ1) is 12.9. The summed E-state index contributed by atoms with van der Waals surface area (Å²) in [5.41, 5.74) is -0.136. The fourth-order valence-corrected chi connectivity index (χ4v) is 2.35. The SMILES string of the molecule is CC(C)(C)OC(=O)c1ncc(Br)cc1I. The quantitative estimate of drug-likeness (QED) is 0.551. The Labute approximate surface area is 111 Å². The van der Waals surface area contributed by atoms with Crippen LogP contribution in [0.15, 0.2) is 16.7 Å². The van der Waals surface area contributed by atoms with Crippen molar-refractivity contribution >= 4 is 44.5 Å². The van der Waals surface area contributed by atoms with Crippen molar-refractivity contribution in [3.05, 3.63) is 26.0 Å². The lowest BCUT2D eigenvalue weighted by molar-refractivity contribution is 0.00615. The lowest BCUT2D eigenvalue weighted by atomic mass is 10.2. The van der Waals surface area contributed by atoms with Crippen LogP contribution in [0.1, 0.15) is 31.3 Å². The van der Waals surface area contributed by atoms with E-state index < -0.39 is 5.60 Å². The zero-order chi connectivity index (χ0) is 11.6. The number of halogens is 2. The number of carbonyl (C=O) groups is 1. The van der Waals surface area contributed by atoms with Crippen LogP contribution in [0.25, 0.3) is 0 Å². The fourth-order valence-electron chi connectivity index (χ4n) is 0.891. The van der Waals surface area contributed by atoms with E-state index in [9.17, 15) is 4.79 Å². The molecule has 5 heteroatoms. The van der Waals surface area contributed by atoms with Gasteiger partial charge in [-0.25, -0.2) is 9.78 Å². The van der Waals surface area contributed by atoms with Crippen LogP contribution in [0.2, 0.25) is 0 Å². The highest BCUT2D eigenvalue weighted by molar-refractivity contribution is 14.1. The summed E-state index contributed by atoms with van der Waals surface area (Å²) in [7, 11) is 0. The minimum atomic E-state index is -0.491. The molecule has 0 saturated carbocycles. The molecule has 0 amide bonds. The first-order valence-electron chi connectivity index (χ1n) is 4.34. The van der Waals surface area contributed by atoms with Crippen LogP contribution in [0, 0.1) is 3.57 Å². The summed E-state index contributed by atoms with van der Waals surface area (Å²) in [5.74, 6) is -0.389. The maximum Gasteiger partial charge on any atom is 0.358 e. The third kappa shape index (κ3) is 4.06. The monoisotopic (exact) mass is 383 g/mol. The molecule has 0 aliphatic rings. The minimum absolute atomic E-state index is 0.355. The van der Waals surface area contributed by atoms with E-state index >= 15 is 0 Å². The molecule has 0 atom stereocenters. The molecular formula is C10H11BrINO2. The Kier molecular flexibility index (Phi) is 4.11. The number of pyridine rings is 1. The van der Waals surface area contributed by atoms with Gasteiger partial charge >= 0.3 is 5.97 Å². The third-order valence-corrected chi connectivity index (χ3v) is 2.66. The summed E-state index contributed by atoms with van der Waals surface area (Å²) in [6, 6.07) is 1.83. The Balaban J connectivity index is 2.92. The molecule has 0 radical (unpaired) electrons. The summed E-state index contributed by atoms with van der Waals surface area (Å²) < 4.78 is 6.84. The van der Waals surface area contributed by atoms with E-state index in [1.807, 2.05) is 26.8 Å². The van der Waals surface area contributed by atoms with Crippen molar-refractivity contribution in [2.45, 2.75) is 26.4 Å². The summed E-state index contributed by atoms with van der Waals surface area (Å²) in [5, 5.41) is 0. The molecule has 0 unspecified atom stereocenters. The molecule has 0 N–H and O–H groups in total. The first-order chi connectivity index (χ1) is 6.79. The average molecular weight is 384 g/mol. The van der Waals surface area contributed by atoms with Gasteiger partial charge in [-0.1, -0.05) is 0 Å². The molecule has 1 rings (SSSR count). The molecule has 1 aromatic heterocycles. The van der Waals surface area contributed by atoms with Gasteiger partial charge in [0.05, 0.1) is 0 Å². The third-order valence-electron chi connectivity index (χ3n) is 1.40. The van der Waals surface area contributed by atoms with E-state index in [-0.39, 0.29) is 5.97 Å². The van der Waals surface area contributed by atoms with Gasteiger partial charge in [0.25, 0.3) is 0 Å². The van der Waals surface area contributed by atoms with E-state index in [4.69, 9.17) is 4.74 Å². The van der Waals surface area contributed by atoms with Gasteiger partial charge in [0.2, 0.25) is 0 Å². The Morgan fingerprint density at radius 2 is 2.13 bits per heavy atom. The summed E-state index contributed by atoms with van der Waals surface area (Å²) in [6.07, 6.45) is 1.58. The van der Waals surface area contributed by atoms with Crippen molar-refractivity contribution in [1.29, 1.82) is 0 Å². The number of rotatable bonds is 1. The van der Waals surface area contributed by atoms with Gasteiger partial charge in [0.1, 0.15) is 5.60 Å². The fraction of sp³-hybridized carbons (Fsp3) is 0.400. The molecule has 82 valence electrons. The van der Waals surface area contributed by atoms with Crippen LogP contribution in [0.3, 0.4) is 0 Å². The van der Waals surface area contributed by atoms with Crippen molar-refractivity contribution < 1.29 is 9.53 Å². The average Bonchev–Trinajstić information content (AvgIpc) is 1.99. The van der Waals surface area contributed by atoms with Gasteiger partial charge in [-0.3, -0.25) is 0 Å². The highest BCUT2D eigenvalue weighted by atomic mass is 127. The Bertz CT molecular complexity index is 387. The van der Waals surface area contributed by atoms with Crippen LogP contribution in [-0.4, -0.2) is 16.6 Å². The molecule has 1 heterocycles. The van der Waals surface area contributed by atoms with Gasteiger partial charge < -0.3 is 4.74 Å². The lowest BCUT2D eigenvalue weighted by Gasteiger charge is -2.19. The Hall–Kier alpha value is -0.170. The van der Waals surface area contributed by atoms with Crippen LogP contribution in [0.4, 0.5) is 0 Å².